The van der Waals surface area contributed by atoms with E-state index in [9.17, 15) is 19.1 Å². The molecular formula is C20H17Cl2FN2O4. The average Bonchev–Trinajstić information content (AvgIpc) is 2.91. The number of aliphatic hydroxyl groups is 1. The molecule has 0 aliphatic carbocycles. The van der Waals surface area contributed by atoms with E-state index >= 15 is 0 Å². The molecule has 0 saturated heterocycles. The number of halogens is 3. The van der Waals surface area contributed by atoms with Gasteiger partial charge in [0.25, 0.3) is 11.8 Å². The summed E-state index contributed by atoms with van der Waals surface area (Å²) in [5.41, 5.74) is 1.18. The lowest BCUT2D eigenvalue weighted by Crippen LogP contribution is -2.32. The Kier molecular flexibility index (Phi) is 6.42. The van der Waals surface area contributed by atoms with Crippen molar-refractivity contribution in [2.75, 3.05) is 13.2 Å². The third-order valence-corrected chi connectivity index (χ3v) is 4.85. The molecule has 2 aromatic rings. The second kappa shape index (κ2) is 8.82. The number of fused-ring (bicyclic) bond motifs is 1. The minimum atomic E-state index is -1.08. The third kappa shape index (κ3) is 4.87. The number of rotatable bonds is 7. The number of hydrogen-bond acceptors (Lipinski definition) is 4. The maximum absolute atomic E-state index is 13.4. The van der Waals surface area contributed by atoms with Crippen LogP contribution in [0.15, 0.2) is 48.7 Å². The molecule has 1 aliphatic rings. The molecule has 6 nitrogen and oxygen atoms in total. The summed E-state index contributed by atoms with van der Waals surface area (Å²) < 4.78 is 18.6. The Balaban J connectivity index is 1.48. The molecule has 9 heteroatoms. The molecule has 0 saturated carbocycles. The second-order valence-electron chi connectivity index (χ2n) is 6.37. The zero-order valence-corrected chi connectivity index (χ0v) is 16.6. The lowest BCUT2D eigenvalue weighted by Gasteiger charge is -2.21. The van der Waals surface area contributed by atoms with Crippen LogP contribution in [-0.4, -0.2) is 35.0 Å². The number of aliphatic hydroxyl groups excluding tert-OH is 1. The molecule has 1 atom stereocenters. The summed E-state index contributed by atoms with van der Waals surface area (Å²) in [6.07, 6.45) is -0.854. The first-order valence-electron chi connectivity index (χ1n) is 8.60. The van der Waals surface area contributed by atoms with Crippen molar-refractivity contribution in [3.63, 3.8) is 0 Å². The molecule has 1 aliphatic heterocycles. The first-order chi connectivity index (χ1) is 13.8. The van der Waals surface area contributed by atoms with Crippen molar-refractivity contribution >= 4 is 35.0 Å². The number of carbonyl (C=O) groups excluding carboxylic acids is 2. The minimum absolute atomic E-state index is 0.0433. The summed E-state index contributed by atoms with van der Waals surface area (Å²) >= 11 is 11.5. The highest BCUT2D eigenvalue weighted by molar-refractivity contribution is 6.31. The number of amides is 2. The van der Waals surface area contributed by atoms with Gasteiger partial charge in [0.15, 0.2) is 12.8 Å². The van der Waals surface area contributed by atoms with Crippen molar-refractivity contribution < 1.29 is 23.8 Å². The Morgan fingerprint density at radius 2 is 2.03 bits per heavy atom. The van der Waals surface area contributed by atoms with E-state index in [1.54, 1.807) is 12.1 Å². The molecule has 29 heavy (non-hydrogen) atoms. The molecule has 0 spiro atoms. The maximum Gasteiger partial charge on any atom is 0.262 e. The summed E-state index contributed by atoms with van der Waals surface area (Å²) in [6.45, 7) is 3.54. The summed E-state index contributed by atoms with van der Waals surface area (Å²) in [7, 11) is 0. The minimum Gasteiger partial charge on any atom is -0.484 e. The van der Waals surface area contributed by atoms with Crippen LogP contribution < -0.4 is 10.1 Å². The van der Waals surface area contributed by atoms with Crippen molar-refractivity contribution in [1.82, 2.24) is 10.2 Å². The molecule has 152 valence electrons. The van der Waals surface area contributed by atoms with E-state index in [0.29, 0.717) is 21.8 Å². The lowest BCUT2D eigenvalue weighted by atomic mass is 10.1. The van der Waals surface area contributed by atoms with Gasteiger partial charge in [-0.25, -0.2) is 4.39 Å². The van der Waals surface area contributed by atoms with E-state index < -0.39 is 18.0 Å². The average molecular weight is 439 g/mol. The largest absolute Gasteiger partial charge is 0.484 e. The molecule has 1 unspecified atom stereocenters. The van der Waals surface area contributed by atoms with Gasteiger partial charge < -0.3 is 20.1 Å². The second-order valence-corrected chi connectivity index (χ2v) is 7.21. The van der Waals surface area contributed by atoms with E-state index in [1.165, 1.54) is 23.1 Å². The van der Waals surface area contributed by atoms with E-state index in [1.807, 2.05) is 0 Å². The van der Waals surface area contributed by atoms with Crippen LogP contribution in [-0.2, 0) is 4.79 Å². The van der Waals surface area contributed by atoms with Crippen molar-refractivity contribution in [1.29, 1.82) is 0 Å². The van der Waals surface area contributed by atoms with Crippen molar-refractivity contribution in [2.24, 2.45) is 0 Å². The van der Waals surface area contributed by atoms with E-state index in [2.05, 4.69) is 11.9 Å². The van der Waals surface area contributed by atoms with Gasteiger partial charge in [-0.15, -0.1) is 0 Å². The normalized spacial score (nSPS) is 15.2. The van der Waals surface area contributed by atoms with E-state index in [-0.39, 0.29) is 36.3 Å². The summed E-state index contributed by atoms with van der Waals surface area (Å²) in [5, 5.41) is 13.2. The predicted octanol–water partition coefficient (Wildman–Crippen LogP) is 3.68. The zero-order chi connectivity index (χ0) is 21.1. The number of carbonyl (C=O) groups is 2. The Morgan fingerprint density at radius 1 is 1.28 bits per heavy atom. The fraction of sp³-hybridized carbons (Fsp3) is 0.200. The van der Waals surface area contributed by atoms with Crippen molar-refractivity contribution in [3.8, 4) is 5.75 Å². The van der Waals surface area contributed by atoms with Crippen LogP contribution in [0.4, 0.5) is 4.39 Å². The van der Waals surface area contributed by atoms with Gasteiger partial charge in [-0.05, 0) is 24.3 Å². The highest BCUT2D eigenvalue weighted by Crippen LogP contribution is 2.33. The summed E-state index contributed by atoms with van der Waals surface area (Å²) in [6, 6.07) is 8.56. The number of nitrogens with zero attached hydrogens (tertiary/aromatic N) is 1. The van der Waals surface area contributed by atoms with Crippen LogP contribution in [0.1, 0.15) is 28.6 Å². The van der Waals surface area contributed by atoms with Gasteiger partial charge in [-0.2, -0.15) is 0 Å². The molecule has 2 aromatic carbocycles. The molecule has 0 radical (unpaired) electrons. The fourth-order valence-corrected chi connectivity index (χ4v) is 3.15. The lowest BCUT2D eigenvalue weighted by molar-refractivity contribution is -0.122. The highest BCUT2D eigenvalue weighted by Gasteiger charge is 2.35. The molecule has 0 fully saturated rings. The SMILES string of the molecule is C=C(CCN1C(=O)c2cc(Cl)ccc2C1O)NC(=O)COc1ccc(Cl)c(F)c1. The number of benzene rings is 2. The third-order valence-electron chi connectivity index (χ3n) is 4.31. The molecule has 3 rings (SSSR count). The Labute approximate surface area is 176 Å². The number of ether oxygens (including phenoxy) is 1. The molecule has 2 N–H and O–H groups in total. The Morgan fingerprint density at radius 3 is 2.76 bits per heavy atom. The van der Waals surface area contributed by atoms with E-state index in [0.717, 1.165) is 6.07 Å². The Hall–Kier alpha value is -2.61. The van der Waals surface area contributed by atoms with Crippen LogP contribution in [0.5, 0.6) is 5.75 Å². The maximum atomic E-state index is 13.4. The standard InChI is InChI=1S/C20H17Cl2FN2O4/c1-11(24-18(26)10-29-13-3-5-16(22)17(23)9-13)6-7-25-19(27)14-4-2-12(21)8-15(14)20(25)28/h2-5,8-9,19,27H,1,6-7,10H2,(H,24,26). The van der Waals surface area contributed by atoms with Crippen LogP contribution in [0.25, 0.3) is 0 Å². The summed E-state index contributed by atoms with van der Waals surface area (Å²) in [4.78, 5) is 25.7. The Bertz CT molecular complexity index is 983. The van der Waals surface area contributed by atoms with Gasteiger partial charge >= 0.3 is 0 Å². The van der Waals surface area contributed by atoms with Gasteiger partial charge in [-0.3, -0.25) is 9.59 Å². The molecule has 0 aromatic heterocycles. The van der Waals surface area contributed by atoms with Crippen LogP contribution in [0, 0.1) is 5.82 Å². The number of nitrogens with one attached hydrogen (secondary N) is 1. The molecular weight excluding hydrogens is 422 g/mol. The van der Waals surface area contributed by atoms with Crippen LogP contribution >= 0.6 is 23.2 Å². The first kappa shape index (κ1) is 21.1. The van der Waals surface area contributed by atoms with Gasteiger partial charge in [0.05, 0.1) is 5.02 Å². The van der Waals surface area contributed by atoms with Crippen molar-refractivity contribution in [3.05, 3.63) is 75.7 Å². The van der Waals surface area contributed by atoms with Gasteiger partial charge in [0, 0.05) is 40.9 Å². The van der Waals surface area contributed by atoms with Crippen molar-refractivity contribution in [2.45, 2.75) is 12.6 Å². The van der Waals surface area contributed by atoms with Gasteiger partial charge in [0.2, 0.25) is 0 Å². The molecule has 0 bridgehead atoms. The molecule has 2 amide bonds. The fourth-order valence-electron chi connectivity index (χ4n) is 2.86. The smallest absolute Gasteiger partial charge is 0.262 e. The first-order valence-corrected chi connectivity index (χ1v) is 9.36. The van der Waals surface area contributed by atoms with Crippen LogP contribution in [0.2, 0.25) is 10.0 Å². The van der Waals surface area contributed by atoms with Gasteiger partial charge in [0.1, 0.15) is 11.6 Å². The topological polar surface area (TPSA) is 78.9 Å². The predicted molar refractivity (Wildman–Crippen MR) is 106 cm³/mol. The number of hydrogen-bond donors (Lipinski definition) is 2. The van der Waals surface area contributed by atoms with E-state index in [4.69, 9.17) is 27.9 Å². The van der Waals surface area contributed by atoms with Gasteiger partial charge in [-0.1, -0.05) is 35.8 Å². The quantitative estimate of drug-likeness (QED) is 0.690. The monoisotopic (exact) mass is 438 g/mol. The van der Waals surface area contributed by atoms with Crippen LogP contribution in [0.3, 0.4) is 0 Å². The molecule has 1 heterocycles. The highest BCUT2D eigenvalue weighted by atomic mass is 35.5. The summed E-state index contributed by atoms with van der Waals surface area (Å²) in [5.74, 6) is -1.32. The zero-order valence-electron chi connectivity index (χ0n) is 15.1.